The van der Waals surface area contributed by atoms with E-state index >= 15 is 0 Å². The standard InChI is InChI=1S/C11H6ClNO4/c12-11(14)10-6-5-9(17-10)7-1-3-8(4-2-7)13(15)16/h1-6H. The first-order chi connectivity index (χ1) is 8.08. The normalized spacial score (nSPS) is 10.2. The van der Waals surface area contributed by atoms with Crippen molar-refractivity contribution in [2.45, 2.75) is 0 Å². The molecule has 0 saturated heterocycles. The summed E-state index contributed by atoms with van der Waals surface area (Å²) in [5, 5.41) is 9.78. The molecule has 2 aromatic rings. The van der Waals surface area contributed by atoms with Crippen LogP contribution >= 0.6 is 11.6 Å². The van der Waals surface area contributed by atoms with E-state index in [1.54, 1.807) is 18.2 Å². The molecule has 0 aliphatic carbocycles. The Bertz CT molecular complexity index is 573. The zero-order chi connectivity index (χ0) is 12.4. The van der Waals surface area contributed by atoms with Gasteiger partial charge in [-0.25, -0.2) is 0 Å². The van der Waals surface area contributed by atoms with Crippen LogP contribution in [0, 0.1) is 10.1 Å². The summed E-state index contributed by atoms with van der Waals surface area (Å²) in [5.41, 5.74) is 0.633. The second-order valence-corrected chi connectivity index (χ2v) is 3.58. The fourth-order valence-electron chi connectivity index (χ4n) is 1.35. The Morgan fingerprint density at radius 1 is 1.18 bits per heavy atom. The number of benzene rings is 1. The van der Waals surface area contributed by atoms with E-state index in [-0.39, 0.29) is 11.4 Å². The van der Waals surface area contributed by atoms with Gasteiger partial charge in [-0.1, -0.05) is 0 Å². The number of nitrogens with zero attached hydrogens (tertiary/aromatic N) is 1. The van der Waals surface area contributed by atoms with Gasteiger partial charge in [0.2, 0.25) is 0 Å². The molecule has 1 aromatic carbocycles. The van der Waals surface area contributed by atoms with Crippen LogP contribution in [0.2, 0.25) is 0 Å². The number of nitro benzene ring substituents is 1. The van der Waals surface area contributed by atoms with Gasteiger partial charge in [0.15, 0.2) is 5.76 Å². The van der Waals surface area contributed by atoms with Gasteiger partial charge >= 0.3 is 0 Å². The van der Waals surface area contributed by atoms with E-state index in [2.05, 4.69) is 0 Å². The number of rotatable bonds is 3. The number of hydrogen-bond acceptors (Lipinski definition) is 4. The van der Waals surface area contributed by atoms with E-state index in [4.69, 9.17) is 16.0 Å². The Morgan fingerprint density at radius 2 is 1.82 bits per heavy atom. The van der Waals surface area contributed by atoms with Crippen LogP contribution in [0.3, 0.4) is 0 Å². The summed E-state index contributed by atoms with van der Waals surface area (Å²) in [5.74, 6) is 0.476. The number of nitro groups is 1. The quantitative estimate of drug-likeness (QED) is 0.477. The maximum Gasteiger partial charge on any atom is 0.287 e. The number of hydrogen-bond donors (Lipinski definition) is 0. The first-order valence-corrected chi connectivity index (χ1v) is 5.00. The Kier molecular flexibility index (Phi) is 2.93. The van der Waals surface area contributed by atoms with Gasteiger partial charge in [0, 0.05) is 17.7 Å². The smallest absolute Gasteiger partial charge is 0.287 e. The van der Waals surface area contributed by atoms with Crippen molar-refractivity contribution < 1.29 is 14.1 Å². The van der Waals surface area contributed by atoms with Gasteiger partial charge in [0.1, 0.15) is 5.76 Å². The molecule has 0 aliphatic heterocycles. The van der Waals surface area contributed by atoms with Gasteiger partial charge in [0.25, 0.3) is 10.9 Å². The van der Waals surface area contributed by atoms with Gasteiger partial charge < -0.3 is 4.42 Å². The number of carbonyl (C=O) groups excluding carboxylic acids is 1. The van der Waals surface area contributed by atoms with Crippen LogP contribution in [-0.4, -0.2) is 10.2 Å². The average molecular weight is 252 g/mol. The molecule has 6 heteroatoms. The van der Waals surface area contributed by atoms with Crippen LogP contribution in [0.15, 0.2) is 40.8 Å². The maximum absolute atomic E-state index is 10.8. The van der Waals surface area contributed by atoms with Gasteiger partial charge in [-0.3, -0.25) is 14.9 Å². The van der Waals surface area contributed by atoms with E-state index in [0.717, 1.165) is 0 Å². The highest BCUT2D eigenvalue weighted by Crippen LogP contribution is 2.24. The summed E-state index contributed by atoms with van der Waals surface area (Å²) in [6.45, 7) is 0. The Hall–Kier alpha value is -2.14. The first-order valence-electron chi connectivity index (χ1n) is 4.62. The van der Waals surface area contributed by atoms with E-state index in [1.165, 1.54) is 18.2 Å². The highest BCUT2D eigenvalue weighted by atomic mass is 35.5. The Balaban J connectivity index is 2.33. The molecule has 86 valence electrons. The molecule has 5 nitrogen and oxygen atoms in total. The van der Waals surface area contributed by atoms with Crippen LogP contribution in [0.1, 0.15) is 10.6 Å². The van der Waals surface area contributed by atoms with Crippen molar-refractivity contribution in [2.75, 3.05) is 0 Å². The van der Waals surface area contributed by atoms with E-state index in [9.17, 15) is 14.9 Å². The maximum atomic E-state index is 10.8. The summed E-state index contributed by atoms with van der Waals surface area (Å²) in [7, 11) is 0. The van der Waals surface area contributed by atoms with Gasteiger partial charge in [-0.05, 0) is 35.9 Å². The third-order valence-electron chi connectivity index (χ3n) is 2.16. The topological polar surface area (TPSA) is 73.3 Å². The molecule has 0 fully saturated rings. The third-order valence-corrected chi connectivity index (χ3v) is 2.35. The molecule has 0 saturated carbocycles. The van der Waals surface area contributed by atoms with E-state index in [1.807, 2.05) is 0 Å². The molecule has 0 radical (unpaired) electrons. The highest BCUT2D eigenvalue weighted by Gasteiger charge is 2.11. The first kappa shape index (κ1) is 11.3. The molecular weight excluding hydrogens is 246 g/mol. The van der Waals surface area contributed by atoms with Gasteiger partial charge in [-0.2, -0.15) is 0 Å². The minimum atomic E-state index is -0.682. The van der Waals surface area contributed by atoms with Crippen molar-refractivity contribution >= 4 is 22.5 Å². The Labute approximate surface area is 101 Å². The summed E-state index contributed by atoms with van der Waals surface area (Å²) in [4.78, 5) is 20.8. The van der Waals surface area contributed by atoms with Gasteiger partial charge in [-0.15, -0.1) is 0 Å². The molecule has 17 heavy (non-hydrogen) atoms. The van der Waals surface area contributed by atoms with E-state index < -0.39 is 10.2 Å². The van der Waals surface area contributed by atoms with Crippen molar-refractivity contribution in [1.82, 2.24) is 0 Å². The van der Waals surface area contributed by atoms with Crippen LogP contribution in [0.25, 0.3) is 11.3 Å². The second kappa shape index (κ2) is 4.39. The van der Waals surface area contributed by atoms with Crippen LogP contribution in [0.4, 0.5) is 5.69 Å². The molecule has 0 bridgehead atoms. The molecule has 0 amide bonds. The predicted octanol–water partition coefficient (Wildman–Crippen LogP) is 3.23. The zero-order valence-electron chi connectivity index (χ0n) is 8.42. The molecule has 0 aliphatic rings. The molecular formula is C11H6ClNO4. The molecule has 1 aromatic heterocycles. The average Bonchev–Trinajstić information content (AvgIpc) is 2.78. The fraction of sp³-hybridized carbons (Fsp3) is 0. The van der Waals surface area contributed by atoms with Crippen molar-refractivity contribution in [2.24, 2.45) is 0 Å². The van der Waals surface area contributed by atoms with Crippen LogP contribution in [-0.2, 0) is 0 Å². The lowest BCUT2D eigenvalue weighted by atomic mass is 10.1. The van der Waals surface area contributed by atoms with Crippen LogP contribution in [0.5, 0.6) is 0 Å². The highest BCUT2D eigenvalue weighted by molar-refractivity contribution is 6.67. The Morgan fingerprint density at radius 3 is 2.29 bits per heavy atom. The summed E-state index contributed by atoms with van der Waals surface area (Å²) in [6, 6.07) is 8.84. The molecule has 0 spiro atoms. The lowest BCUT2D eigenvalue weighted by Gasteiger charge is -1.96. The molecule has 0 N–H and O–H groups in total. The fourth-order valence-corrected chi connectivity index (χ4v) is 1.45. The molecule has 1 heterocycles. The summed E-state index contributed by atoms with van der Waals surface area (Å²) >= 11 is 5.25. The minimum absolute atomic E-state index is 0.00560. The monoisotopic (exact) mass is 251 g/mol. The lowest BCUT2D eigenvalue weighted by Crippen LogP contribution is -1.86. The van der Waals surface area contributed by atoms with Crippen molar-refractivity contribution in [3.8, 4) is 11.3 Å². The third kappa shape index (κ3) is 2.34. The summed E-state index contributed by atoms with van der Waals surface area (Å²) in [6.07, 6.45) is 0. The zero-order valence-corrected chi connectivity index (χ0v) is 9.18. The molecule has 2 rings (SSSR count). The van der Waals surface area contributed by atoms with Crippen molar-refractivity contribution in [3.63, 3.8) is 0 Å². The SMILES string of the molecule is O=C(Cl)c1ccc(-c2ccc([N+](=O)[O-])cc2)o1. The number of carbonyl (C=O) groups is 1. The lowest BCUT2D eigenvalue weighted by molar-refractivity contribution is -0.384. The second-order valence-electron chi connectivity index (χ2n) is 3.24. The molecule has 0 unspecified atom stereocenters. The minimum Gasteiger partial charge on any atom is -0.452 e. The van der Waals surface area contributed by atoms with Gasteiger partial charge in [0.05, 0.1) is 4.92 Å². The number of furan rings is 1. The van der Waals surface area contributed by atoms with E-state index in [0.29, 0.717) is 11.3 Å². The number of non-ortho nitro benzene ring substituents is 1. The summed E-state index contributed by atoms with van der Waals surface area (Å²) < 4.78 is 5.18. The molecule has 0 atom stereocenters. The van der Waals surface area contributed by atoms with Crippen molar-refractivity contribution in [1.29, 1.82) is 0 Å². The predicted molar refractivity (Wildman–Crippen MR) is 61.0 cm³/mol. The van der Waals surface area contributed by atoms with Crippen molar-refractivity contribution in [3.05, 3.63) is 52.3 Å². The van der Waals surface area contributed by atoms with Crippen LogP contribution < -0.4 is 0 Å². The largest absolute Gasteiger partial charge is 0.452 e. The number of halogens is 1.